The van der Waals surface area contributed by atoms with Crippen LogP contribution < -0.4 is 18.5 Å². The molecule has 15 heteroatoms. The highest BCUT2D eigenvalue weighted by atomic mass is 32.2. The van der Waals surface area contributed by atoms with Gasteiger partial charge in [-0.2, -0.15) is 13.2 Å². The Kier molecular flexibility index (Phi) is 10.7. The molecule has 3 aromatic rings. The maximum absolute atomic E-state index is 14.2. The molecule has 3 rings (SSSR count). The lowest BCUT2D eigenvalue weighted by Crippen LogP contribution is -2.32. The second-order valence-corrected chi connectivity index (χ2v) is 11.5. The molecule has 10 nitrogen and oxygen atoms in total. The minimum absolute atomic E-state index is 0.000420. The van der Waals surface area contributed by atoms with Gasteiger partial charge in [-0.05, 0) is 56.0 Å². The van der Waals surface area contributed by atoms with Crippen molar-refractivity contribution in [3.8, 4) is 17.2 Å². The van der Waals surface area contributed by atoms with Gasteiger partial charge in [-0.25, -0.2) is 13.2 Å². The van der Waals surface area contributed by atoms with E-state index in [1.54, 1.807) is 38.1 Å². The molecule has 0 radical (unpaired) electrons. The van der Waals surface area contributed by atoms with Gasteiger partial charge in [0.05, 0.1) is 35.0 Å². The van der Waals surface area contributed by atoms with Crippen molar-refractivity contribution in [1.82, 2.24) is 4.98 Å². The molecule has 0 saturated carbocycles. The summed E-state index contributed by atoms with van der Waals surface area (Å²) in [7, 11) is -2.98. The van der Waals surface area contributed by atoms with Crippen LogP contribution in [0.25, 0.3) is 0 Å². The van der Waals surface area contributed by atoms with Crippen molar-refractivity contribution in [2.24, 2.45) is 4.99 Å². The van der Waals surface area contributed by atoms with E-state index in [1.807, 2.05) is 0 Å². The van der Waals surface area contributed by atoms with Crippen molar-refractivity contribution in [2.75, 3.05) is 30.5 Å². The summed E-state index contributed by atoms with van der Waals surface area (Å²) in [5.41, 5.74) is 1.45. The van der Waals surface area contributed by atoms with Gasteiger partial charge in [0.25, 0.3) is 10.0 Å². The largest absolute Gasteiger partial charge is 0.491 e. The van der Waals surface area contributed by atoms with E-state index in [0.717, 1.165) is 16.1 Å². The third kappa shape index (κ3) is 8.06. The molecule has 0 atom stereocenters. The van der Waals surface area contributed by atoms with Crippen molar-refractivity contribution >= 4 is 45.8 Å². The van der Waals surface area contributed by atoms with Gasteiger partial charge >= 0.3 is 12.1 Å². The first-order valence-electron chi connectivity index (χ1n) is 12.1. The smallest absolute Gasteiger partial charge is 0.422 e. The number of halogens is 3. The molecule has 0 unspecified atom stereocenters. The number of carboxylic acids is 1. The van der Waals surface area contributed by atoms with Gasteiger partial charge in [-0.15, -0.1) is 11.8 Å². The van der Waals surface area contributed by atoms with E-state index < -0.39 is 35.4 Å². The molecule has 0 amide bonds. The topological polar surface area (TPSA) is 128 Å². The van der Waals surface area contributed by atoms with E-state index in [-0.39, 0.29) is 45.2 Å². The average molecular weight is 628 g/mol. The number of aryl methyl sites for hydroxylation is 2. The Hall–Kier alpha value is -3.98. The summed E-state index contributed by atoms with van der Waals surface area (Å²) in [5.74, 6) is -1.22. The van der Waals surface area contributed by atoms with Crippen molar-refractivity contribution in [3.05, 3.63) is 65.5 Å². The summed E-state index contributed by atoms with van der Waals surface area (Å²) in [6.45, 7) is 4.57. The van der Waals surface area contributed by atoms with Crippen LogP contribution in [0.5, 0.6) is 17.2 Å². The number of carbonyl (C=O) groups is 1. The monoisotopic (exact) mass is 627 g/mol. The summed E-state index contributed by atoms with van der Waals surface area (Å²) in [6, 6.07) is 10.6. The quantitative estimate of drug-likeness (QED) is 0.181. The summed E-state index contributed by atoms with van der Waals surface area (Å²) in [6.07, 6.45) is -3.28. The first-order chi connectivity index (χ1) is 19.8. The third-order valence-corrected chi connectivity index (χ3v) is 8.80. The minimum atomic E-state index is -4.55. The number of methoxy groups -OCH3 is 1. The van der Waals surface area contributed by atoms with Crippen LogP contribution in [-0.2, 0) is 20.6 Å². The maximum atomic E-state index is 14.2. The molecular weight excluding hydrogens is 599 g/mol. The van der Waals surface area contributed by atoms with Crippen molar-refractivity contribution in [3.63, 3.8) is 0 Å². The second kappa shape index (κ2) is 13.8. The number of nitrogens with zero attached hydrogens (tertiary/aromatic N) is 3. The number of anilines is 1. The molecule has 0 spiro atoms. The van der Waals surface area contributed by atoms with Crippen LogP contribution in [0, 0.1) is 13.8 Å². The predicted octanol–water partition coefficient (Wildman–Crippen LogP) is 5.53. The van der Waals surface area contributed by atoms with E-state index in [2.05, 4.69) is 16.7 Å². The zero-order chi connectivity index (χ0) is 31.1. The number of pyridine rings is 1. The van der Waals surface area contributed by atoms with Gasteiger partial charge < -0.3 is 19.3 Å². The van der Waals surface area contributed by atoms with E-state index in [9.17, 15) is 26.4 Å². The highest BCUT2D eigenvalue weighted by Gasteiger charge is 2.31. The van der Waals surface area contributed by atoms with Crippen LogP contribution in [-0.4, -0.2) is 63.6 Å². The lowest BCUT2D eigenvalue weighted by atomic mass is 10.1. The molecule has 1 N–H and O–H groups in total. The van der Waals surface area contributed by atoms with Crippen LogP contribution >= 0.6 is 11.8 Å². The fourth-order valence-corrected chi connectivity index (χ4v) is 7.16. The number of alkyl halides is 3. The number of thioether (sulfide) groups is 1. The molecule has 2 aromatic carbocycles. The molecular formula is C27H28F3N3O7S2. The number of hydrogen-bond acceptors (Lipinski definition) is 9. The van der Waals surface area contributed by atoms with E-state index in [4.69, 9.17) is 19.3 Å². The summed E-state index contributed by atoms with van der Waals surface area (Å²) in [4.78, 5) is 19.0. The van der Waals surface area contributed by atoms with Gasteiger partial charge in [0.2, 0.25) is 0 Å². The molecule has 0 aliphatic carbocycles. The van der Waals surface area contributed by atoms with Gasteiger partial charge in [-0.3, -0.25) is 14.3 Å². The lowest BCUT2D eigenvalue weighted by Gasteiger charge is -2.27. The van der Waals surface area contributed by atoms with Crippen molar-refractivity contribution in [1.29, 1.82) is 0 Å². The fraction of sp³-hybridized carbons (Fsp3) is 0.296. The number of ether oxygens (including phenoxy) is 3. The Balaban J connectivity index is 1.97. The SMILES string of the molecule is C=Nc1ccccc1N(CSCc1nccc(OCC(F)(F)F)c1OC)S(=O)(=O)c1c(C)cc(OCC(=O)O)cc1C. The molecule has 1 aromatic heterocycles. The minimum Gasteiger partial charge on any atom is -0.491 e. The average Bonchev–Trinajstić information content (AvgIpc) is 2.92. The normalized spacial score (nSPS) is 11.6. The van der Waals surface area contributed by atoms with E-state index >= 15 is 0 Å². The number of rotatable bonds is 14. The molecule has 0 bridgehead atoms. The number of aliphatic carboxylic acids is 1. The molecule has 226 valence electrons. The number of aliphatic imine (C=N–C) groups is 1. The van der Waals surface area contributed by atoms with E-state index in [0.29, 0.717) is 16.8 Å². The second-order valence-electron chi connectivity index (χ2n) is 8.74. The van der Waals surface area contributed by atoms with Crippen molar-refractivity contribution in [2.45, 2.75) is 30.7 Å². The third-order valence-electron chi connectivity index (χ3n) is 5.65. The number of para-hydroxylation sites is 2. The molecule has 0 saturated heterocycles. The Morgan fingerprint density at radius 1 is 1.14 bits per heavy atom. The maximum Gasteiger partial charge on any atom is 0.422 e. The standard InChI is InChI=1S/C27H28F3N3O7S2/c1-17-11-19(39-13-24(34)35)12-18(2)26(17)42(36,37)33(22-8-6-5-7-20(22)31-3)16-41-14-21-25(38-4)23(9-10-32-21)40-15-27(28,29)30/h5-12H,3,13-16H2,1-2,4H3,(H,34,35). The lowest BCUT2D eigenvalue weighted by molar-refractivity contribution is -0.153. The van der Waals surface area contributed by atoms with Gasteiger partial charge in [0.15, 0.2) is 24.7 Å². The Morgan fingerprint density at radius 3 is 2.40 bits per heavy atom. The van der Waals surface area contributed by atoms with Crippen LogP contribution in [0.4, 0.5) is 24.5 Å². The number of benzene rings is 2. The van der Waals surface area contributed by atoms with Crippen molar-refractivity contribution < 1.29 is 45.7 Å². The van der Waals surface area contributed by atoms with Crippen LogP contribution in [0.1, 0.15) is 16.8 Å². The summed E-state index contributed by atoms with van der Waals surface area (Å²) >= 11 is 1.11. The molecule has 0 aliphatic heterocycles. The Labute approximate surface area is 245 Å². The van der Waals surface area contributed by atoms with Gasteiger partial charge in [0.1, 0.15) is 5.75 Å². The molecule has 42 heavy (non-hydrogen) atoms. The zero-order valence-corrected chi connectivity index (χ0v) is 24.5. The Morgan fingerprint density at radius 2 is 1.81 bits per heavy atom. The van der Waals surface area contributed by atoms with Crippen LogP contribution in [0.3, 0.4) is 0 Å². The first-order valence-corrected chi connectivity index (χ1v) is 14.7. The fourth-order valence-electron chi connectivity index (χ4n) is 4.02. The van der Waals surface area contributed by atoms with Gasteiger partial charge in [0, 0.05) is 18.0 Å². The summed E-state index contributed by atoms with van der Waals surface area (Å²) in [5, 5.41) is 8.91. The number of sulfonamides is 1. The molecule has 0 fully saturated rings. The highest BCUT2D eigenvalue weighted by molar-refractivity contribution is 8.00. The van der Waals surface area contributed by atoms with Crippen LogP contribution in [0.15, 0.2) is 58.5 Å². The predicted molar refractivity (Wildman–Crippen MR) is 153 cm³/mol. The Bertz CT molecular complexity index is 1530. The molecule has 0 aliphatic rings. The van der Waals surface area contributed by atoms with Crippen LogP contribution in [0.2, 0.25) is 0 Å². The van der Waals surface area contributed by atoms with E-state index in [1.165, 1.54) is 31.5 Å². The number of aromatic nitrogens is 1. The number of hydrogen-bond donors (Lipinski definition) is 1. The van der Waals surface area contributed by atoms with Gasteiger partial charge in [-0.1, -0.05) is 12.1 Å². The zero-order valence-electron chi connectivity index (χ0n) is 22.8. The number of carboxylic acid groups (broad SMARTS) is 1. The highest BCUT2D eigenvalue weighted by Crippen LogP contribution is 2.38. The summed E-state index contributed by atoms with van der Waals surface area (Å²) < 4.78 is 83.0. The molecule has 1 heterocycles. The first kappa shape index (κ1) is 32.5.